The van der Waals surface area contributed by atoms with Crippen LogP contribution < -0.4 is 5.32 Å². The lowest BCUT2D eigenvalue weighted by atomic mass is 9.98. The second kappa shape index (κ2) is 5.38. The third kappa shape index (κ3) is 2.53. The summed E-state index contributed by atoms with van der Waals surface area (Å²) >= 11 is 0. The van der Waals surface area contributed by atoms with Crippen molar-refractivity contribution in [2.75, 3.05) is 13.1 Å². The van der Waals surface area contributed by atoms with E-state index in [-0.39, 0.29) is 5.69 Å². The number of nitrogens with one attached hydrogen (secondary N) is 1. The molecule has 1 saturated heterocycles. The van der Waals surface area contributed by atoms with Crippen LogP contribution in [-0.4, -0.2) is 28.2 Å². The first-order valence-electron chi connectivity index (χ1n) is 6.53. The van der Waals surface area contributed by atoms with Crippen LogP contribution in [0.1, 0.15) is 24.6 Å². The Morgan fingerprint density at radius 2 is 1.95 bits per heavy atom. The number of hydrogen-bond acceptors (Lipinski definition) is 6. The molecule has 7 nitrogen and oxygen atoms in total. The van der Waals surface area contributed by atoms with Gasteiger partial charge in [-0.2, -0.15) is 4.98 Å². The zero-order valence-electron chi connectivity index (χ0n) is 10.8. The smallest absolute Gasteiger partial charge is 0.269 e. The minimum atomic E-state index is -0.432. The number of benzene rings is 1. The lowest BCUT2D eigenvalue weighted by molar-refractivity contribution is -0.384. The number of aromatic nitrogens is 2. The minimum Gasteiger partial charge on any atom is -0.334 e. The van der Waals surface area contributed by atoms with Crippen molar-refractivity contribution in [3.8, 4) is 11.5 Å². The van der Waals surface area contributed by atoms with Gasteiger partial charge in [0.05, 0.1) is 4.92 Å². The van der Waals surface area contributed by atoms with Crippen molar-refractivity contribution in [2.24, 2.45) is 0 Å². The molecule has 0 spiro atoms. The number of nitrogens with zero attached hydrogens (tertiary/aromatic N) is 3. The molecule has 0 saturated carbocycles. The van der Waals surface area contributed by atoms with Crippen molar-refractivity contribution in [3.05, 3.63) is 40.2 Å². The highest BCUT2D eigenvalue weighted by Crippen LogP contribution is 2.26. The second-order valence-corrected chi connectivity index (χ2v) is 4.79. The van der Waals surface area contributed by atoms with E-state index >= 15 is 0 Å². The molecule has 0 unspecified atom stereocenters. The summed E-state index contributed by atoms with van der Waals surface area (Å²) in [6.45, 7) is 1.93. The summed E-state index contributed by atoms with van der Waals surface area (Å²) in [5.41, 5.74) is 0.745. The van der Waals surface area contributed by atoms with E-state index in [1.54, 1.807) is 12.1 Å². The van der Waals surface area contributed by atoms with Gasteiger partial charge >= 0.3 is 0 Å². The maximum atomic E-state index is 10.6. The number of nitro benzene ring substituents is 1. The molecule has 0 aliphatic carbocycles. The molecular weight excluding hydrogens is 260 g/mol. The molecule has 1 N–H and O–H groups in total. The van der Waals surface area contributed by atoms with Crippen LogP contribution in [0.15, 0.2) is 28.8 Å². The summed E-state index contributed by atoms with van der Waals surface area (Å²) in [7, 11) is 0. The molecule has 0 atom stereocenters. The summed E-state index contributed by atoms with van der Waals surface area (Å²) in [6, 6.07) is 6.11. The predicted molar refractivity (Wildman–Crippen MR) is 71.2 cm³/mol. The van der Waals surface area contributed by atoms with E-state index in [0.717, 1.165) is 31.8 Å². The highest BCUT2D eigenvalue weighted by molar-refractivity contribution is 5.55. The van der Waals surface area contributed by atoms with Crippen molar-refractivity contribution in [3.63, 3.8) is 0 Å². The van der Waals surface area contributed by atoms with E-state index in [0.29, 0.717) is 17.4 Å². The van der Waals surface area contributed by atoms with E-state index in [2.05, 4.69) is 15.5 Å². The maximum absolute atomic E-state index is 10.6. The first-order valence-corrected chi connectivity index (χ1v) is 6.53. The van der Waals surface area contributed by atoms with Crippen LogP contribution in [0.25, 0.3) is 11.5 Å². The van der Waals surface area contributed by atoms with Crippen LogP contribution in [0.2, 0.25) is 0 Å². The first-order chi connectivity index (χ1) is 9.74. The number of nitro groups is 1. The van der Waals surface area contributed by atoms with Crippen LogP contribution in [0.3, 0.4) is 0 Å². The van der Waals surface area contributed by atoms with Crippen molar-refractivity contribution in [1.29, 1.82) is 0 Å². The van der Waals surface area contributed by atoms with Crippen molar-refractivity contribution < 1.29 is 9.45 Å². The van der Waals surface area contributed by atoms with Gasteiger partial charge in [0.25, 0.3) is 11.6 Å². The summed E-state index contributed by atoms with van der Waals surface area (Å²) in [6.07, 6.45) is 2.00. The van der Waals surface area contributed by atoms with Crippen LogP contribution in [0.4, 0.5) is 5.69 Å². The topological polar surface area (TPSA) is 94.1 Å². The van der Waals surface area contributed by atoms with Gasteiger partial charge < -0.3 is 9.84 Å². The standard InChI is InChI=1S/C13H14N4O3/c18-17(19)11-3-1-10(2-4-11)13-15-12(16-20-13)9-5-7-14-8-6-9/h1-4,9,14H,5-8H2. The monoisotopic (exact) mass is 274 g/mol. The van der Waals surface area contributed by atoms with E-state index in [4.69, 9.17) is 4.52 Å². The molecule has 2 heterocycles. The summed E-state index contributed by atoms with van der Waals surface area (Å²) in [4.78, 5) is 14.6. The van der Waals surface area contributed by atoms with Gasteiger partial charge in [-0.15, -0.1) is 0 Å². The van der Waals surface area contributed by atoms with Gasteiger partial charge in [-0.3, -0.25) is 10.1 Å². The fraction of sp³-hybridized carbons (Fsp3) is 0.385. The van der Waals surface area contributed by atoms with Gasteiger partial charge in [0, 0.05) is 23.6 Å². The van der Waals surface area contributed by atoms with E-state index in [1.165, 1.54) is 12.1 Å². The molecule has 0 bridgehead atoms. The van der Waals surface area contributed by atoms with Crippen LogP contribution >= 0.6 is 0 Å². The second-order valence-electron chi connectivity index (χ2n) is 4.79. The largest absolute Gasteiger partial charge is 0.334 e. The normalized spacial score (nSPS) is 16.2. The molecule has 1 aromatic carbocycles. The third-order valence-corrected chi connectivity index (χ3v) is 3.47. The average molecular weight is 274 g/mol. The van der Waals surface area contributed by atoms with E-state index < -0.39 is 4.92 Å². The van der Waals surface area contributed by atoms with Crippen LogP contribution in [0.5, 0.6) is 0 Å². The Morgan fingerprint density at radius 3 is 2.60 bits per heavy atom. The van der Waals surface area contributed by atoms with Gasteiger partial charge in [-0.05, 0) is 38.1 Å². The summed E-state index contributed by atoms with van der Waals surface area (Å²) < 4.78 is 5.25. The molecule has 1 aliphatic rings. The van der Waals surface area contributed by atoms with Crippen LogP contribution in [0, 0.1) is 10.1 Å². The molecule has 3 rings (SSSR count). The van der Waals surface area contributed by atoms with Gasteiger partial charge in [0.1, 0.15) is 0 Å². The van der Waals surface area contributed by atoms with Gasteiger partial charge in [0.15, 0.2) is 5.82 Å². The lowest BCUT2D eigenvalue weighted by Gasteiger charge is -2.18. The number of piperidine rings is 1. The fourth-order valence-electron chi connectivity index (χ4n) is 2.32. The lowest BCUT2D eigenvalue weighted by Crippen LogP contribution is -2.27. The number of hydrogen-bond donors (Lipinski definition) is 1. The van der Waals surface area contributed by atoms with E-state index in [1.807, 2.05) is 0 Å². The predicted octanol–water partition coefficient (Wildman–Crippen LogP) is 2.11. The highest BCUT2D eigenvalue weighted by atomic mass is 16.6. The molecule has 1 aromatic heterocycles. The molecule has 0 radical (unpaired) electrons. The zero-order chi connectivity index (χ0) is 13.9. The molecular formula is C13H14N4O3. The van der Waals surface area contributed by atoms with E-state index in [9.17, 15) is 10.1 Å². The Kier molecular flexibility index (Phi) is 3.42. The molecule has 2 aromatic rings. The third-order valence-electron chi connectivity index (χ3n) is 3.47. The maximum Gasteiger partial charge on any atom is 0.269 e. The van der Waals surface area contributed by atoms with Gasteiger partial charge in [-0.1, -0.05) is 5.16 Å². The average Bonchev–Trinajstić information content (AvgIpc) is 2.98. The SMILES string of the molecule is O=[N+]([O-])c1ccc(-c2nc(C3CCNCC3)no2)cc1. The van der Waals surface area contributed by atoms with Crippen LogP contribution in [-0.2, 0) is 0 Å². The molecule has 104 valence electrons. The Balaban J connectivity index is 1.80. The van der Waals surface area contributed by atoms with Gasteiger partial charge in [0.2, 0.25) is 0 Å². The molecule has 1 fully saturated rings. The minimum absolute atomic E-state index is 0.0480. The fourth-order valence-corrected chi connectivity index (χ4v) is 2.32. The highest BCUT2D eigenvalue weighted by Gasteiger charge is 2.21. The Morgan fingerprint density at radius 1 is 1.25 bits per heavy atom. The van der Waals surface area contributed by atoms with Crippen molar-refractivity contribution in [2.45, 2.75) is 18.8 Å². The van der Waals surface area contributed by atoms with Gasteiger partial charge in [-0.25, -0.2) is 0 Å². The quantitative estimate of drug-likeness (QED) is 0.680. The molecule has 1 aliphatic heterocycles. The van der Waals surface area contributed by atoms with Crippen molar-refractivity contribution in [1.82, 2.24) is 15.5 Å². The summed E-state index contributed by atoms with van der Waals surface area (Å²) in [5, 5.41) is 17.9. The first kappa shape index (κ1) is 12.7. The number of non-ortho nitro benzene ring substituents is 1. The zero-order valence-corrected chi connectivity index (χ0v) is 10.8. The Labute approximate surface area is 115 Å². The summed E-state index contributed by atoms with van der Waals surface area (Å²) in [5.74, 6) is 1.46. The Bertz CT molecular complexity index is 602. The van der Waals surface area contributed by atoms with Crippen molar-refractivity contribution >= 4 is 5.69 Å². The molecule has 0 amide bonds. The Hall–Kier alpha value is -2.28. The molecule has 20 heavy (non-hydrogen) atoms. The number of rotatable bonds is 3. The molecule has 7 heteroatoms.